The van der Waals surface area contributed by atoms with E-state index in [1.807, 2.05) is 0 Å². The fourth-order valence-electron chi connectivity index (χ4n) is 4.51. The summed E-state index contributed by atoms with van der Waals surface area (Å²) in [6.45, 7) is 0.144. The third-order valence-electron chi connectivity index (χ3n) is 6.56. The molecular weight excluding hydrogens is 382 g/mol. The number of nitrogens with zero attached hydrogens (tertiary/aromatic N) is 3. The molecule has 0 unspecified atom stereocenters. The van der Waals surface area contributed by atoms with Crippen molar-refractivity contribution in [3.8, 4) is 5.88 Å². The highest BCUT2D eigenvalue weighted by Gasteiger charge is 2.59. The van der Waals surface area contributed by atoms with Gasteiger partial charge >= 0.3 is 0 Å². The number of aromatic nitrogens is 1. The summed E-state index contributed by atoms with van der Waals surface area (Å²) < 4.78 is 32.5. The van der Waals surface area contributed by atoms with Crippen molar-refractivity contribution >= 4 is 17.5 Å². The molecule has 29 heavy (non-hydrogen) atoms. The SMILES string of the molecule is NC(=O)[C@H]1N(C(=O)c2ccc(N3CC(F)(F)C3)c(OCC3CC3)n2)CCC12CC2. The summed E-state index contributed by atoms with van der Waals surface area (Å²) in [5.41, 5.74) is 6.05. The van der Waals surface area contributed by atoms with Gasteiger partial charge in [-0.15, -0.1) is 0 Å². The minimum atomic E-state index is -2.72. The van der Waals surface area contributed by atoms with E-state index in [0.29, 0.717) is 24.8 Å². The van der Waals surface area contributed by atoms with Crippen LogP contribution in [0.15, 0.2) is 12.1 Å². The van der Waals surface area contributed by atoms with Crippen LogP contribution in [0.4, 0.5) is 14.5 Å². The Hall–Kier alpha value is -2.45. The zero-order valence-electron chi connectivity index (χ0n) is 16.1. The maximum Gasteiger partial charge on any atom is 0.282 e. The number of nitrogens with two attached hydrogens (primary N) is 1. The van der Waals surface area contributed by atoms with Gasteiger partial charge in [0.2, 0.25) is 11.8 Å². The summed E-state index contributed by atoms with van der Waals surface area (Å²) in [5.74, 6) is -2.92. The monoisotopic (exact) mass is 406 g/mol. The second kappa shape index (κ2) is 6.27. The molecule has 3 heterocycles. The third-order valence-corrected chi connectivity index (χ3v) is 6.56. The average Bonchev–Trinajstić information content (AvgIpc) is 3.55. The van der Waals surface area contributed by atoms with Gasteiger partial charge in [-0.25, -0.2) is 13.8 Å². The molecule has 0 bridgehead atoms. The van der Waals surface area contributed by atoms with Crippen molar-refractivity contribution in [3.05, 3.63) is 17.8 Å². The van der Waals surface area contributed by atoms with E-state index in [4.69, 9.17) is 10.5 Å². The number of anilines is 1. The van der Waals surface area contributed by atoms with Crippen LogP contribution in [0.3, 0.4) is 0 Å². The van der Waals surface area contributed by atoms with Crippen LogP contribution in [0.25, 0.3) is 0 Å². The Morgan fingerprint density at radius 1 is 1.21 bits per heavy atom. The molecule has 4 fully saturated rings. The van der Waals surface area contributed by atoms with E-state index < -0.39 is 17.9 Å². The number of carbonyl (C=O) groups excluding carboxylic acids is 2. The standard InChI is InChI=1S/C20H24F2N4O3/c21-20(22)10-25(11-20)14-4-3-13(24-17(14)29-9-12-1-2-12)18(28)26-8-7-19(5-6-19)15(26)16(23)27/h3-4,12,15H,1-2,5-11H2,(H2,23,27)/t15-/m1/s1. The predicted octanol–water partition coefficient (Wildman–Crippen LogP) is 1.81. The van der Waals surface area contributed by atoms with E-state index in [1.54, 1.807) is 6.07 Å². The van der Waals surface area contributed by atoms with E-state index in [-0.39, 0.29) is 36.0 Å². The summed E-state index contributed by atoms with van der Waals surface area (Å²) >= 11 is 0. The third kappa shape index (κ3) is 3.30. The first kappa shape index (κ1) is 18.6. The van der Waals surface area contributed by atoms with Gasteiger partial charge in [0.05, 0.1) is 19.7 Å². The van der Waals surface area contributed by atoms with E-state index in [9.17, 15) is 18.4 Å². The Bertz CT molecular complexity index is 861. The van der Waals surface area contributed by atoms with Gasteiger partial charge in [-0.05, 0) is 50.2 Å². The number of rotatable bonds is 6. The fraction of sp³-hybridized carbons (Fsp3) is 0.650. The fourth-order valence-corrected chi connectivity index (χ4v) is 4.51. The number of likely N-dealkylation sites (tertiary alicyclic amines) is 1. The highest BCUT2D eigenvalue weighted by molar-refractivity contribution is 5.97. The molecule has 2 N–H and O–H groups in total. The first-order valence-corrected chi connectivity index (χ1v) is 10.1. The number of halogens is 2. The first-order chi connectivity index (χ1) is 13.8. The van der Waals surface area contributed by atoms with Crippen molar-refractivity contribution in [2.24, 2.45) is 17.1 Å². The molecule has 1 atom stereocenters. The van der Waals surface area contributed by atoms with Gasteiger partial charge in [-0.3, -0.25) is 9.59 Å². The van der Waals surface area contributed by atoms with E-state index in [1.165, 1.54) is 15.9 Å². The van der Waals surface area contributed by atoms with Gasteiger partial charge in [0.15, 0.2) is 0 Å². The quantitative estimate of drug-likeness (QED) is 0.778. The van der Waals surface area contributed by atoms with Crippen LogP contribution in [0, 0.1) is 11.3 Å². The molecule has 0 radical (unpaired) electrons. The Balaban J connectivity index is 1.40. The average molecular weight is 406 g/mol. The van der Waals surface area contributed by atoms with Crippen molar-refractivity contribution in [1.29, 1.82) is 0 Å². The maximum absolute atomic E-state index is 13.3. The van der Waals surface area contributed by atoms with E-state index in [0.717, 1.165) is 32.1 Å². The molecule has 0 aromatic carbocycles. The number of carbonyl (C=O) groups is 2. The number of amides is 2. The molecular formula is C20H24F2N4O3. The first-order valence-electron chi connectivity index (χ1n) is 10.1. The van der Waals surface area contributed by atoms with Crippen LogP contribution < -0.4 is 15.4 Å². The normalized spacial score (nSPS) is 26.3. The Labute approximate surface area is 167 Å². The minimum Gasteiger partial charge on any atom is -0.476 e. The lowest BCUT2D eigenvalue weighted by Crippen LogP contribution is -2.56. The highest BCUT2D eigenvalue weighted by atomic mass is 19.3. The van der Waals surface area contributed by atoms with Crippen molar-refractivity contribution in [2.75, 3.05) is 31.1 Å². The molecule has 2 amide bonds. The largest absolute Gasteiger partial charge is 0.476 e. The Kier molecular flexibility index (Phi) is 4.02. The molecule has 4 aliphatic rings. The summed E-state index contributed by atoms with van der Waals surface area (Å²) in [4.78, 5) is 32.5. The number of ether oxygens (including phenoxy) is 1. The number of hydrogen-bond acceptors (Lipinski definition) is 5. The van der Waals surface area contributed by atoms with Crippen molar-refractivity contribution in [1.82, 2.24) is 9.88 Å². The molecule has 1 spiro atoms. The second-order valence-electron chi connectivity index (χ2n) is 8.90. The van der Waals surface area contributed by atoms with Crippen LogP contribution >= 0.6 is 0 Å². The van der Waals surface area contributed by atoms with Crippen LogP contribution in [-0.4, -0.2) is 59.9 Å². The van der Waals surface area contributed by atoms with Gasteiger partial charge < -0.3 is 20.3 Å². The van der Waals surface area contributed by atoms with Gasteiger partial charge in [0.25, 0.3) is 11.8 Å². The predicted molar refractivity (Wildman–Crippen MR) is 99.9 cm³/mol. The van der Waals surface area contributed by atoms with Crippen LogP contribution in [0.5, 0.6) is 5.88 Å². The second-order valence-corrected chi connectivity index (χ2v) is 8.90. The molecule has 156 valence electrons. The number of alkyl halides is 2. The smallest absolute Gasteiger partial charge is 0.282 e. The zero-order chi connectivity index (χ0) is 20.4. The lowest BCUT2D eigenvalue weighted by Gasteiger charge is -2.40. The zero-order valence-corrected chi connectivity index (χ0v) is 16.1. The van der Waals surface area contributed by atoms with Gasteiger partial charge in [-0.1, -0.05) is 0 Å². The van der Waals surface area contributed by atoms with E-state index >= 15 is 0 Å². The molecule has 2 saturated carbocycles. The van der Waals surface area contributed by atoms with Crippen LogP contribution in [-0.2, 0) is 4.79 Å². The lowest BCUT2D eigenvalue weighted by atomic mass is 9.96. The number of hydrogen-bond donors (Lipinski definition) is 1. The molecule has 2 aliphatic heterocycles. The molecule has 2 saturated heterocycles. The molecule has 2 aliphatic carbocycles. The minimum absolute atomic E-state index is 0.149. The topological polar surface area (TPSA) is 88.8 Å². The number of primary amides is 1. The maximum atomic E-state index is 13.3. The van der Waals surface area contributed by atoms with Crippen LogP contribution in [0.1, 0.15) is 42.6 Å². The summed E-state index contributed by atoms with van der Waals surface area (Å²) in [6.07, 6.45) is 4.71. The summed E-state index contributed by atoms with van der Waals surface area (Å²) in [7, 11) is 0. The van der Waals surface area contributed by atoms with Gasteiger partial charge in [0, 0.05) is 12.0 Å². The van der Waals surface area contributed by atoms with Crippen molar-refractivity contribution < 1.29 is 23.1 Å². The summed E-state index contributed by atoms with van der Waals surface area (Å²) in [5, 5.41) is 0. The lowest BCUT2D eigenvalue weighted by molar-refractivity contribution is -0.123. The molecule has 1 aromatic heterocycles. The van der Waals surface area contributed by atoms with Crippen molar-refractivity contribution in [2.45, 2.75) is 44.1 Å². The molecule has 7 nitrogen and oxygen atoms in total. The molecule has 9 heteroatoms. The molecule has 5 rings (SSSR count). The van der Waals surface area contributed by atoms with Crippen LogP contribution in [0.2, 0.25) is 0 Å². The Morgan fingerprint density at radius 3 is 2.52 bits per heavy atom. The van der Waals surface area contributed by atoms with E-state index in [2.05, 4.69) is 4.98 Å². The van der Waals surface area contributed by atoms with Gasteiger partial charge in [-0.2, -0.15) is 0 Å². The highest BCUT2D eigenvalue weighted by Crippen LogP contribution is 2.57. The molecule has 1 aromatic rings. The van der Waals surface area contributed by atoms with Crippen molar-refractivity contribution in [3.63, 3.8) is 0 Å². The number of pyridine rings is 1. The Morgan fingerprint density at radius 2 is 1.93 bits per heavy atom. The van der Waals surface area contributed by atoms with Gasteiger partial charge in [0.1, 0.15) is 17.4 Å². The summed E-state index contributed by atoms with van der Waals surface area (Å²) in [6, 6.07) is 2.52.